The first-order valence-corrected chi connectivity index (χ1v) is 1.99. The molecule has 0 atom stereocenters. The highest BCUT2D eigenvalue weighted by molar-refractivity contribution is 4.45. The molecular formula is C5H10O. The molecule has 0 N–H and O–H groups in total. The molecule has 1 fully saturated rings. The van der Waals surface area contributed by atoms with Crippen LogP contribution in [0.2, 0.25) is 0 Å². The lowest BCUT2D eigenvalue weighted by molar-refractivity contribution is 0.0968. The Bertz CT molecular complexity index is 120. The van der Waals surface area contributed by atoms with E-state index in [0.717, 1.165) is 0 Å². The van der Waals surface area contributed by atoms with Gasteiger partial charge in [-0.2, -0.15) is 0 Å². The van der Waals surface area contributed by atoms with Gasteiger partial charge in [0.25, 0.3) is 0 Å². The standard InChI is InChI=1S/C5H10O/c1-2-4-6-5-3-1/h1-5H2/i2D2,3D2. The zero-order chi connectivity index (χ0) is 7.83. The van der Waals surface area contributed by atoms with E-state index >= 15 is 0 Å². The van der Waals surface area contributed by atoms with Gasteiger partial charge < -0.3 is 4.74 Å². The van der Waals surface area contributed by atoms with Crippen LogP contribution in [-0.4, -0.2) is 13.2 Å². The summed E-state index contributed by atoms with van der Waals surface area (Å²) in [6, 6.07) is 0. The van der Waals surface area contributed by atoms with Crippen LogP contribution in [0.5, 0.6) is 0 Å². The molecule has 1 heterocycles. The van der Waals surface area contributed by atoms with Gasteiger partial charge in [0.2, 0.25) is 0 Å². The summed E-state index contributed by atoms with van der Waals surface area (Å²) in [4.78, 5) is 0. The molecule has 0 saturated carbocycles. The third-order valence-corrected chi connectivity index (χ3v) is 0.658. The van der Waals surface area contributed by atoms with E-state index in [1.54, 1.807) is 0 Å². The number of rotatable bonds is 0. The Labute approximate surface area is 43.9 Å². The van der Waals surface area contributed by atoms with Crippen molar-refractivity contribution in [2.75, 3.05) is 13.2 Å². The highest BCUT2D eigenvalue weighted by atomic mass is 16.5. The number of hydrogen-bond donors (Lipinski definition) is 0. The van der Waals surface area contributed by atoms with Crippen LogP contribution in [0.15, 0.2) is 0 Å². The van der Waals surface area contributed by atoms with Crippen LogP contribution in [0.3, 0.4) is 0 Å². The van der Waals surface area contributed by atoms with Crippen LogP contribution in [0.4, 0.5) is 0 Å². The summed E-state index contributed by atoms with van der Waals surface area (Å²) in [6.07, 6.45) is -3.02. The van der Waals surface area contributed by atoms with Gasteiger partial charge in [-0.05, 0) is 19.2 Å². The lowest BCUT2D eigenvalue weighted by Gasteiger charge is -2.08. The normalized spacial score (nSPS) is 50.7. The first kappa shape index (κ1) is 1.48. The van der Waals surface area contributed by atoms with Gasteiger partial charge in [-0.25, -0.2) is 0 Å². The second-order valence-electron chi connectivity index (χ2n) is 1.17. The van der Waals surface area contributed by atoms with Crippen LogP contribution in [0, 0.1) is 0 Å². The molecule has 0 aliphatic carbocycles. The summed E-state index contributed by atoms with van der Waals surface area (Å²) in [7, 11) is 0. The Morgan fingerprint density at radius 3 is 2.33 bits per heavy atom. The fourth-order valence-electron chi connectivity index (χ4n) is 0.386. The molecule has 36 valence electrons. The summed E-state index contributed by atoms with van der Waals surface area (Å²) in [5.74, 6) is 0. The minimum atomic E-state index is -1.48. The summed E-state index contributed by atoms with van der Waals surface area (Å²) in [6.45, 7) is 0.0407. The fraction of sp³-hybridized carbons (Fsp3) is 1.00. The van der Waals surface area contributed by atoms with Crippen molar-refractivity contribution in [3.05, 3.63) is 0 Å². The molecule has 0 amide bonds. The largest absolute Gasteiger partial charge is 0.381 e. The zero-order valence-corrected chi connectivity index (χ0v) is 3.53. The van der Waals surface area contributed by atoms with Gasteiger partial charge in [-0.3, -0.25) is 0 Å². The second-order valence-corrected chi connectivity index (χ2v) is 1.17. The first-order chi connectivity index (χ1) is 4.41. The molecule has 0 aromatic carbocycles. The van der Waals surface area contributed by atoms with Gasteiger partial charge in [0.15, 0.2) is 0 Å². The first-order valence-electron chi connectivity index (χ1n) is 3.99. The van der Waals surface area contributed by atoms with Crippen LogP contribution in [0.25, 0.3) is 0 Å². The van der Waals surface area contributed by atoms with Crippen LogP contribution >= 0.6 is 0 Å². The Balaban J connectivity index is 2.56. The van der Waals surface area contributed by atoms with Crippen molar-refractivity contribution in [3.63, 3.8) is 0 Å². The molecule has 1 aliphatic heterocycles. The average molecular weight is 90.2 g/mol. The molecule has 1 nitrogen and oxygen atoms in total. The molecular weight excluding hydrogens is 76.1 g/mol. The highest BCUT2D eigenvalue weighted by Gasteiger charge is 1.94. The predicted octanol–water partition coefficient (Wildman–Crippen LogP) is 1.19. The molecule has 0 spiro atoms. The fourth-order valence-corrected chi connectivity index (χ4v) is 0.386. The highest BCUT2D eigenvalue weighted by Crippen LogP contribution is 2.01. The van der Waals surface area contributed by atoms with Gasteiger partial charge in [-0.1, -0.05) is 0 Å². The van der Waals surface area contributed by atoms with Gasteiger partial charge in [-0.15, -0.1) is 0 Å². The van der Waals surface area contributed by atoms with Gasteiger partial charge in [0, 0.05) is 18.7 Å². The van der Waals surface area contributed by atoms with E-state index in [0.29, 0.717) is 0 Å². The molecule has 0 aromatic rings. The minimum absolute atomic E-state index is 0.0203. The Morgan fingerprint density at radius 2 is 2.00 bits per heavy atom. The maximum Gasteiger partial charge on any atom is 0.0466 e. The minimum Gasteiger partial charge on any atom is -0.381 e. The monoisotopic (exact) mass is 90.1 g/mol. The maximum atomic E-state index is 7.18. The Kier molecular flexibility index (Phi) is 0.539. The maximum absolute atomic E-state index is 7.18. The Hall–Kier alpha value is -0.0400. The average Bonchev–Trinajstić information content (AvgIpc) is 1.56. The molecule has 1 saturated heterocycles. The van der Waals surface area contributed by atoms with E-state index in [2.05, 4.69) is 0 Å². The van der Waals surface area contributed by atoms with Crippen LogP contribution in [-0.2, 0) is 4.74 Å². The van der Waals surface area contributed by atoms with Crippen molar-refractivity contribution >= 4 is 0 Å². The predicted molar refractivity (Wildman–Crippen MR) is 24.7 cm³/mol. The number of ether oxygens (including phenoxy) is 1. The summed E-state index contributed by atoms with van der Waals surface area (Å²) in [5.41, 5.74) is 0. The molecule has 6 heavy (non-hydrogen) atoms. The smallest absolute Gasteiger partial charge is 0.0466 e. The van der Waals surface area contributed by atoms with E-state index in [-0.39, 0.29) is 19.6 Å². The quantitative estimate of drug-likeness (QED) is 0.434. The summed E-state index contributed by atoms with van der Waals surface area (Å²) >= 11 is 0. The van der Waals surface area contributed by atoms with Crippen LogP contribution < -0.4 is 0 Å². The summed E-state index contributed by atoms with van der Waals surface area (Å²) in [5, 5.41) is 0. The van der Waals surface area contributed by atoms with Crippen molar-refractivity contribution in [2.24, 2.45) is 0 Å². The lowest BCUT2D eigenvalue weighted by atomic mass is 10.2. The Morgan fingerprint density at radius 1 is 1.33 bits per heavy atom. The van der Waals surface area contributed by atoms with Crippen LogP contribution in [0.1, 0.15) is 24.6 Å². The third-order valence-electron chi connectivity index (χ3n) is 0.658. The van der Waals surface area contributed by atoms with Crippen molar-refractivity contribution in [3.8, 4) is 0 Å². The third kappa shape index (κ3) is 0.977. The summed E-state index contributed by atoms with van der Waals surface area (Å²) < 4.78 is 33.5. The van der Waals surface area contributed by atoms with Crippen molar-refractivity contribution in [2.45, 2.75) is 19.2 Å². The lowest BCUT2D eigenvalue weighted by Crippen LogP contribution is -2.03. The molecule has 0 bridgehead atoms. The van der Waals surface area contributed by atoms with Crippen molar-refractivity contribution in [1.29, 1.82) is 0 Å². The van der Waals surface area contributed by atoms with E-state index < -0.39 is 12.7 Å². The van der Waals surface area contributed by atoms with Gasteiger partial charge >= 0.3 is 0 Å². The SMILES string of the molecule is [2H]C1([2H])COCC([2H])([2H])C1. The zero-order valence-electron chi connectivity index (χ0n) is 7.53. The van der Waals surface area contributed by atoms with E-state index in [4.69, 9.17) is 10.2 Å². The second kappa shape index (κ2) is 2.19. The van der Waals surface area contributed by atoms with Crippen molar-refractivity contribution < 1.29 is 10.2 Å². The topological polar surface area (TPSA) is 9.23 Å². The van der Waals surface area contributed by atoms with E-state index in [9.17, 15) is 0 Å². The molecule has 1 rings (SSSR count). The van der Waals surface area contributed by atoms with E-state index in [1.165, 1.54) is 0 Å². The van der Waals surface area contributed by atoms with Crippen molar-refractivity contribution in [1.82, 2.24) is 0 Å². The molecule has 0 radical (unpaired) electrons. The van der Waals surface area contributed by atoms with E-state index in [1.807, 2.05) is 0 Å². The van der Waals surface area contributed by atoms with Gasteiger partial charge in [0.1, 0.15) is 0 Å². The van der Waals surface area contributed by atoms with Gasteiger partial charge in [0.05, 0.1) is 0 Å². The molecule has 0 unspecified atom stereocenters. The molecule has 1 aliphatic rings. The molecule has 1 heteroatoms. The molecule has 0 aromatic heterocycles. The number of hydrogen-bond acceptors (Lipinski definition) is 1.